The molecule has 0 atom stereocenters. The fraction of sp³-hybridized carbons (Fsp3) is 0.615. The number of hydrogen-bond acceptors (Lipinski definition) is 3. The molecule has 0 unspecified atom stereocenters. The van der Waals surface area contributed by atoms with Gasteiger partial charge < -0.3 is 10.0 Å². The van der Waals surface area contributed by atoms with Gasteiger partial charge in [-0.25, -0.2) is 0 Å². The van der Waals surface area contributed by atoms with Gasteiger partial charge in [0, 0.05) is 19.3 Å². The number of pyridine rings is 1. The Bertz CT molecular complexity index is 344. The van der Waals surface area contributed by atoms with Gasteiger partial charge in [0.2, 0.25) is 0 Å². The van der Waals surface area contributed by atoms with Crippen molar-refractivity contribution in [3.8, 4) is 0 Å². The largest absolute Gasteiger partial charge is 0.393 e. The van der Waals surface area contributed by atoms with Crippen LogP contribution in [-0.2, 0) is 0 Å². The van der Waals surface area contributed by atoms with Crippen LogP contribution in [0.1, 0.15) is 38.2 Å². The van der Waals surface area contributed by atoms with Gasteiger partial charge in [0.05, 0.1) is 18.0 Å². The van der Waals surface area contributed by atoms with Gasteiger partial charge in [0.1, 0.15) is 0 Å². The second-order valence-corrected chi connectivity index (χ2v) is 4.85. The van der Waals surface area contributed by atoms with E-state index in [4.69, 9.17) is 0 Å². The van der Waals surface area contributed by atoms with Crippen molar-refractivity contribution in [2.75, 3.05) is 18.0 Å². The van der Waals surface area contributed by atoms with E-state index in [9.17, 15) is 5.11 Å². The molecule has 1 aliphatic heterocycles. The Hall–Kier alpha value is -1.09. The molecule has 1 fully saturated rings. The lowest BCUT2D eigenvalue weighted by atomic mass is 10.0. The molecule has 1 aliphatic rings. The van der Waals surface area contributed by atoms with Crippen LogP contribution in [0.25, 0.3) is 0 Å². The lowest BCUT2D eigenvalue weighted by Gasteiger charge is -2.31. The molecule has 0 spiro atoms. The van der Waals surface area contributed by atoms with E-state index in [0.717, 1.165) is 25.9 Å². The highest BCUT2D eigenvalue weighted by molar-refractivity contribution is 5.47. The van der Waals surface area contributed by atoms with E-state index in [1.54, 1.807) is 0 Å². The Kier molecular flexibility index (Phi) is 3.44. The molecule has 88 valence electrons. The molecule has 1 aromatic heterocycles. The summed E-state index contributed by atoms with van der Waals surface area (Å²) >= 11 is 0. The van der Waals surface area contributed by atoms with Gasteiger partial charge in [0.15, 0.2) is 0 Å². The minimum absolute atomic E-state index is 0.113. The van der Waals surface area contributed by atoms with Gasteiger partial charge >= 0.3 is 0 Å². The standard InChI is InChI=1S/C13H20N2O/c1-10(2)11-7-12(9-14-8-11)15-5-3-13(16)4-6-15/h7-10,13,16H,3-6H2,1-2H3. The zero-order valence-corrected chi connectivity index (χ0v) is 10.1. The van der Waals surface area contributed by atoms with Crippen molar-refractivity contribution in [2.45, 2.75) is 38.7 Å². The molecular formula is C13H20N2O. The first-order chi connectivity index (χ1) is 7.66. The Morgan fingerprint density at radius 3 is 2.62 bits per heavy atom. The van der Waals surface area contributed by atoms with E-state index in [1.165, 1.54) is 11.3 Å². The van der Waals surface area contributed by atoms with Gasteiger partial charge in [0.25, 0.3) is 0 Å². The fourth-order valence-corrected chi connectivity index (χ4v) is 2.06. The number of piperidine rings is 1. The van der Waals surface area contributed by atoms with Gasteiger partial charge in [-0.15, -0.1) is 0 Å². The van der Waals surface area contributed by atoms with Crippen LogP contribution in [0.5, 0.6) is 0 Å². The van der Waals surface area contributed by atoms with E-state index in [2.05, 4.69) is 29.8 Å². The van der Waals surface area contributed by atoms with Crippen LogP contribution in [-0.4, -0.2) is 29.3 Å². The zero-order chi connectivity index (χ0) is 11.5. The molecule has 1 saturated heterocycles. The molecule has 1 N–H and O–H groups in total. The summed E-state index contributed by atoms with van der Waals surface area (Å²) in [5.74, 6) is 0.517. The average molecular weight is 220 g/mol. The maximum Gasteiger partial charge on any atom is 0.0574 e. The monoisotopic (exact) mass is 220 g/mol. The zero-order valence-electron chi connectivity index (χ0n) is 10.1. The van der Waals surface area contributed by atoms with Gasteiger partial charge in [-0.05, 0) is 30.4 Å². The number of aliphatic hydroxyl groups excluding tert-OH is 1. The van der Waals surface area contributed by atoms with Crippen molar-refractivity contribution in [3.05, 3.63) is 24.0 Å². The molecule has 0 bridgehead atoms. The van der Waals surface area contributed by atoms with E-state index < -0.39 is 0 Å². The predicted octanol–water partition coefficient (Wildman–Crippen LogP) is 2.17. The molecular weight excluding hydrogens is 200 g/mol. The molecule has 0 amide bonds. The highest BCUT2D eigenvalue weighted by Gasteiger charge is 2.17. The Labute approximate surface area is 97.1 Å². The highest BCUT2D eigenvalue weighted by Crippen LogP contribution is 2.23. The third-order valence-electron chi connectivity index (χ3n) is 3.24. The molecule has 2 heterocycles. The highest BCUT2D eigenvalue weighted by atomic mass is 16.3. The quantitative estimate of drug-likeness (QED) is 0.829. The number of rotatable bonds is 2. The Morgan fingerprint density at radius 1 is 1.31 bits per heavy atom. The first-order valence-corrected chi connectivity index (χ1v) is 6.05. The number of anilines is 1. The van der Waals surface area contributed by atoms with Crippen LogP contribution >= 0.6 is 0 Å². The van der Waals surface area contributed by atoms with Crippen molar-refractivity contribution in [1.82, 2.24) is 4.98 Å². The molecule has 1 aromatic rings. The lowest BCUT2D eigenvalue weighted by Crippen LogP contribution is -2.35. The summed E-state index contributed by atoms with van der Waals surface area (Å²) < 4.78 is 0. The van der Waals surface area contributed by atoms with E-state index in [0.29, 0.717) is 5.92 Å². The third-order valence-corrected chi connectivity index (χ3v) is 3.24. The third kappa shape index (κ3) is 2.53. The summed E-state index contributed by atoms with van der Waals surface area (Å²) in [5, 5.41) is 9.47. The predicted molar refractivity (Wildman–Crippen MR) is 65.8 cm³/mol. The molecule has 16 heavy (non-hydrogen) atoms. The van der Waals surface area contributed by atoms with Crippen molar-refractivity contribution in [2.24, 2.45) is 0 Å². The number of aliphatic hydroxyl groups is 1. The first kappa shape index (κ1) is 11.4. The van der Waals surface area contributed by atoms with E-state index >= 15 is 0 Å². The Morgan fingerprint density at radius 2 is 2.00 bits per heavy atom. The molecule has 3 nitrogen and oxygen atoms in total. The SMILES string of the molecule is CC(C)c1cncc(N2CCC(O)CC2)c1. The minimum atomic E-state index is -0.113. The van der Waals surface area contributed by atoms with Crippen molar-refractivity contribution >= 4 is 5.69 Å². The summed E-state index contributed by atoms with van der Waals surface area (Å²) in [6, 6.07) is 2.22. The molecule has 0 aliphatic carbocycles. The Balaban J connectivity index is 2.11. The van der Waals surface area contributed by atoms with Crippen LogP contribution in [0.4, 0.5) is 5.69 Å². The first-order valence-electron chi connectivity index (χ1n) is 6.05. The molecule has 0 radical (unpaired) electrons. The van der Waals surface area contributed by atoms with Crippen molar-refractivity contribution in [3.63, 3.8) is 0 Å². The lowest BCUT2D eigenvalue weighted by molar-refractivity contribution is 0.145. The van der Waals surface area contributed by atoms with Crippen molar-refractivity contribution in [1.29, 1.82) is 0 Å². The number of aromatic nitrogens is 1. The molecule has 0 saturated carbocycles. The molecule has 2 rings (SSSR count). The van der Waals surface area contributed by atoms with Crippen LogP contribution < -0.4 is 4.90 Å². The number of nitrogens with zero attached hydrogens (tertiary/aromatic N) is 2. The number of hydrogen-bond donors (Lipinski definition) is 1. The summed E-state index contributed by atoms with van der Waals surface area (Å²) in [7, 11) is 0. The topological polar surface area (TPSA) is 36.4 Å². The van der Waals surface area contributed by atoms with Crippen LogP contribution in [0.15, 0.2) is 18.5 Å². The van der Waals surface area contributed by atoms with Crippen LogP contribution in [0, 0.1) is 0 Å². The smallest absolute Gasteiger partial charge is 0.0574 e. The summed E-state index contributed by atoms with van der Waals surface area (Å²) in [6.45, 7) is 6.23. The van der Waals surface area contributed by atoms with Gasteiger partial charge in [-0.1, -0.05) is 13.8 Å². The summed E-state index contributed by atoms with van der Waals surface area (Å²) in [4.78, 5) is 6.61. The second kappa shape index (κ2) is 4.83. The summed E-state index contributed by atoms with van der Waals surface area (Å²) in [6.07, 6.45) is 5.48. The van der Waals surface area contributed by atoms with Crippen LogP contribution in [0.3, 0.4) is 0 Å². The maximum atomic E-state index is 9.47. The van der Waals surface area contributed by atoms with Gasteiger partial charge in [-0.3, -0.25) is 4.98 Å². The van der Waals surface area contributed by atoms with E-state index in [-0.39, 0.29) is 6.10 Å². The van der Waals surface area contributed by atoms with E-state index in [1.807, 2.05) is 12.4 Å². The summed E-state index contributed by atoms with van der Waals surface area (Å²) in [5.41, 5.74) is 2.47. The molecule has 0 aromatic carbocycles. The van der Waals surface area contributed by atoms with Crippen LogP contribution in [0.2, 0.25) is 0 Å². The molecule has 3 heteroatoms. The van der Waals surface area contributed by atoms with Gasteiger partial charge in [-0.2, -0.15) is 0 Å². The normalized spacial score (nSPS) is 18.1. The second-order valence-electron chi connectivity index (χ2n) is 4.85. The minimum Gasteiger partial charge on any atom is -0.393 e. The van der Waals surface area contributed by atoms with Crippen molar-refractivity contribution < 1.29 is 5.11 Å². The fourth-order valence-electron chi connectivity index (χ4n) is 2.06. The maximum absolute atomic E-state index is 9.47. The average Bonchev–Trinajstić information content (AvgIpc) is 2.30.